The van der Waals surface area contributed by atoms with Crippen LogP contribution in [0, 0.1) is 11.8 Å². The van der Waals surface area contributed by atoms with Gasteiger partial charge in [0.2, 0.25) is 20.9 Å². The molecule has 1 aromatic carbocycles. The maximum absolute atomic E-state index is 12.2. The van der Waals surface area contributed by atoms with Crippen LogP contribution in [0.5, 0.6) is 0 Å². The summed E-state index contributed by atoms with van der Waals surface area (Å²) in [4.78, 5) is 25.5. The third-order valence-electron chi connectivity index (χ3n) is 4.00. The Labute approximate surface area is 120 Å². The summed E-state index contributed by atoms with van der Waals surface area (Å²) in [6.45, 7) is 0.181. The highest BCUT2D eigenvalue weighted by Crippen LogP contribution is 2.47. The van der Waals surface area contributed by atoms with Gasteiger partial charge in [-0.2, -0.15) is 0 Å². The van der Waals surface area contributed by atoms with E-state index in [1.165, 1.54) is 0 Å². The molecule has 0 N–H and O–H groups in total. The maximum Gasteiger partial charge on any atom is 0.236 e. The molecular weight excluding hydrogens is 302 g/mol. The van der Waals surface area contributed by atoms with E-state index in [9.17, 15) is 18.0 Å². The quantitative estimate of drug-likeness (QED) is 0.619. The van der Waals surface area contributed by atoms with E-state index in [0.717, 1.165) is 10.5 Å². The van der Waals surface area contributed by atoms with Crippen molar-refractivity contribution in [2.45, 2.75) is 18.2 Å². The zero-order valence-electron chi connectivity index (χ0n) is 10.4. The molecular formula is C13H12ClNO4S. The van der Waals surface area contributed by atoms with Gasteiger partial charge in [0.25, 0.3) is 0 Å². The van der Waals surface area contributed by atoms with Crippen LogP contribution in [0.4, 0.5) is 0 Å². The molecule has 3 rings (SSSR count). The van der Waals surface area contributed by atoms with E-state index in [-0.39, 0.29) is 18.9 Å². The monoisotopic (exact) mass is 313 g/mol. The van der Waals surface area contributed by atoms with Gasteiger partial charge in [0.1, 0.15) is 0 Å². The molecule has 1 aromatic rings. The second-order valence-corrected chi connectivity index (χ2v) is 7.98. The number of benzene rings is 1. The minimum absolute atomic E-state index is 0.145. The highest BCUT2D eigenvalue weighted by atomic mass is 35.7. The molecule has 2 amide bonds. The number of halogens is 1. The Bertz CT molecular complexity index is 673. The first-order chi connectivity index (χ1) is 9.39. The summed E-state index contributed by atoms with van der Waals surface area (Å²) in [5, 5.41) is -0.925. The number of imide groups is 1. The molecule has 1 heterocycles. The number of carbonyl (C=O) groups excluding carboxylic acids is 2. The molecule has 1 aliphatic carbocycles. The molecule has 2 fully saturated rings. The van der Waals surface area contributed by atoms with Crippen LogP contribution in [-0.2, 0) is 25.2 Å². The predicted octanol–water partition coefficient (Wildman–Crippen LogP) is 1.13. The fourth-order valence-corrected chi connectivity index (χ4v) is 4.54. The normalized spacial score (nSPS) is 29.2. The number of nitrogens with zero attached hydrogens (tertiary/aromatic N) is 1. The zero-order valence-corrected chi connectivity index (χ0v) is 12.0. The third-order valence-corrected chi connectivity index (χ3v) is 5.90. The molecule has 20 heavy (non-hydrogen) atoms. The number of carbonyl (C=O) groups is 2. The summed E-state index contributed by atoms with van der Waals surface area (Å²) in [7, 11) is 1.51. The molecule has 3 atom stereocenters. The van der Waals surface area contributed by atoms with E-state index in [1.54, 1.807) is 0 Å². The highest BCUT2D eigenvalue weighted by molar-refractivity contribution is 8.14. The van der Waals surface area contributed by atoms with Crippen molar-refractivity contribution in [3.8, 4) is 0 Å². The van der Waals surface area contributed by atoms with Crippen LogP contribution >= 0.6 is 10.7 Å². The molecule has 5 nitrogen and oxygen atoms in total. The average molecular weight is 314 g/mol. The van der Waals surface area contributed by atoms with Crippen molar-refractivity contribution < 1.29 is 18.0 Å². The van der Waals surface area contributed by atoms with Gasteiger partial charge in [0, 0.05) is 10.7 Å². The van der Waals surface area contributed by atoms with Gasteiger partial charge < -0.3 is 0 Å². The van der Waals surface area contributed by atoms with Gasteiger partial charge in [-0.05, 0) is 12.0 Å². The third kappa shape index (κ3) is 2.03. The van der Waals surface area contributed by atoms with Crippen molar-refractivity contribution in [2.75, 3.05) is 0 Å². The molecule has 0 aromatic heterocycles. The van der Waals surface area contributed by atoms with Crippen LogP contribution in [0.25, 0.3) is 0 Å². The number of hydrogen-bond acceptors (Lipinski definition) is 4. The van der Waals surface area contributed by atoms with Crippen LogP contribution in [0.1, 0.15) is 12.0 Å². The van der Waals surface area contributed by atoms with Gasteiger partial charge in [-0.1, -0.05) is 30.3 Å². The van der Waals surface area contributed by atoms with E-state index < -0.39 is 32.0 Å². The number of hydrogen-bond donors (Lipinski definition) is 0. The summed E-state index contributed by atoms with van der Waals surface area (Å²) in [5.41, 5.74) is 0.834. The molecule has 0 unspecified atom stereocenters. The molecule has 0 radical (unpaired) electrons. The molecule has 106 valence electrons. The molecule has 0 spiro atoms. The standard InChI is InChI=1S/C13H12ClNO4S/c14-20(18,19)10-6-9-11(10)13(17)15(12(9)16)7-8-4-2-1-3-5-8/h1-5,9-11H,6-7H2/t9-,10-,11-/m1/s1. The molecule has 0 bridgehead atoms. The Balaban J connectivity index is 1.82. The first kappa shape index (κ1) is 13.6. The van der Waals surface area contributed by atoms with Gasteiger partial charge in [-0.15, -0.1) is 0 Å². The van der Waals surface area contributed by atoms with Gasteiger partial charge in [-0.25, -0.2) is 8.42 Å². The first-order valence-corrected chi connectivity index (χ1v) is 8.59. The largest absolute Gasteiger partial charge is 0.278 e. The predicted molar refractivity (Wildman–Crippen MR) is 72.2 cm³/mol. The van der Waals surface area contributed by atoms with Crippen LogP contribution in [0.3, 0.4) is 0 Å². The molecule has 2 aliphatic rings. The highest BCUT2D eigenvalue weighted by Gasteiger charge is 2.62. The summed E-state index contributed by atoms with van der Waals surface area (Å²) in [5.74, 6) is -2.04. The number of fused-ring (bicyclic) bond motifs is 1. The fraction of sp³-hybridized carbons (Fsp3) is 0.385. The summed E-state index contributed by atoms with van der Waals surface area (Å²) in [6, 6.07) is 9.12. The number of rotatable bonds is 3. The minimum atomic E-state index is -3.80. The van der Waals surface area contributed by atoms with E-state index in [2.05, 4.69) is 0 Å². The lowest BCUT2D eigenvalue weighted by Crippen LogP contribution is -2.46. The Morgan fingerprint density at radius 2 is 1.80 bits per heavy atom. The first-order valence-electron chi connectivity index (χ1n) is 6.22. The second-order valence-electron chi connectivity index (χ2n) is 5.13. The van der Waals surface area contributed by atoms with Crippen LogP contribution in [-0.4, -0.2) is 30.4 Å². The van der Waals surface area contributed by atoms with Crippen molar-refractivity contribution in [3.63, 3.8) is 0 Å². The summed E-state index contributed by atoms with van der Waals surface area (Å²) in [6.07, 6.45) is 0.145. The van der Waals surface area contributed by atoms with E-state index in [0.29, 0.717) is 0 Å². The van der Waals surface area contributed by atoms with Crippen molar-refractivity contribution in [3.05, 3.63) is 35.9 Å². The topological polar surface area (TPSA) is 71.5 Å². The van der Waals surface area contributed by atoms with Crippen molar-refractivity contribution >= 4 is 31.5 Å². The lowest BCUT2D eigenvalue weighted by Gasteiger charge is -2.33. The van der Waals surface area contributed by atoms with Crippen molar-refractivity contribution in [1.82, 2.24) is 4.90 Å². The van der Waals surface area contributed by atoms with Gasteiger partial charge in [0.15, 0.2) is 0 Å². The Morgan fingerprint density at radius 1 is 1.15 bits per heavy atom. The molecule has 7 heteroatoms. The van der Waals surface area contributed by atoms with Crippen molar-refractivity contribution in [1.29, 1.82) is 0 Å². The average Bonchev–Trinajstić information content (AvgIpc) is 2.48. The van der Waals surface area contributed by atoms with Gasteiger partial charge in [0.05, 0.1) is 23.6 Å². The smallest absolute Gasteiger partial charge is 0.236 e. The fourth-order valence-electron chi connectivity index (χ4n) is 2.89. The second kappa shape index (κ2) is 4.56. The SMILES string of the molecule is O=C1[C@H]2[C@H](S(=O)(=O)Cl)C[C@H]2C(=O)N1Cc1ccccc1. The van der Waals surface area contributed by atoms with Gasteiger partial charge in [-0.3, -0.25) is 14.5 Å². The van der Waals surface area contributed by atoms with Crippen LogP contribution in [0.15, 0.2) is 30.3 Å². The Hall–Kier alpha value is -1.40. The lowest BCUT2D eigenvalue weighted by molar-refractivity contribution is -0.140. The zero-order chi connectivity index (χ0) is 14.5. The lowest BCUT2D eigenvalue weighted by atomic mass is 9.75. The summed E-state index contributed by atoms with van der Waals surface area (Å²) >= 11 is 0. The van der Waals surface area contributed by atoms with E-state index in [4.69, 9.17) is 10.7 Å². The summed E-state index contributed by atoms with van der Waals surface area (Å²) < 4.78 is 22.7. The Morgan fingerprint density at radius 3 is 2.40 bits per heavy atom. The van der Waals surface area contributed by atoms with E-state index >= 15 is 0 Å². The number of likely N-dealkylation sites (tertiary alicyclic amines) is 1. The van der Waals surface area contributed by atoms with E-state index in [1.807, 2.05) is 30.3 Å². The van der Waals surface area contributed by atoms with Crippen molar-refractivity contribution in [2.24, 2.45) is 11.8 Å². The van der Waals surface area contributed by atoms with Gasteiger partial charge >= 0.3 is 0 Å². The van der Waals surface area contributed by atoms with Crippen LogP contribution in [0.2, 0.25) is 0 Å². The van der Waals surface area contributed by atoms with Crippen LogP contribution < -0.4 is 0 Å². The molecule has 1 aliphatic heterocycles. The minimum Gasteiger partial charge on any atom is -0.278 e. The number of amides is 2. The maximum atomic E-state index is 12.2. The molecule has 1 saturated heterocycles. The Kier molecular flexibility index (Phi) is 3.10. The molecule has 1 saturated carbocycles.